The highest BCUT2D eigenvalue weighted by molar-refractivity contribution is 5.53. The zero-order valence-electron chi connectivity index (χ0n) is 11.8. The number of nitriles is 1. The molecule has 0 aromatic carbocycles. The molecule has 3 heterocycles. The first-order chi connectivity index (χ1) is 11.3. The summed E-state index contributed by atoms with van der Waals surface area (Å²) >= 11 is 0. The molecule has 0 saturated carbocycles. The lowest BCUT2D eigenvalue weighted by molar-refractivity contribution is -0.138. The average Bonchev–Trinajstić information content (AvgIpc) is 2.92. The van der Waals surface area contributed by atoms with Gasteiger partial charge in [-0.1, -0.05) is 0 Å². The Kier molecular flexibility index (Phi) is 3.48. The summed E-state index contributed by atoms with van der Waals surface area (Å²) in [4.78, 5) is 27.8. The normalized spacial score (nSPS) is 11.6. The summed E-state index contributed by atoms with van der Waals surface area (Å²) in [6.07, 6.45) is -2.65. The zero-order valence-corrected chi connectivity index (χ0v) is 11.8. The van der Waals surface area contributed by atoms with E-state index < -0.39 is 22.9 Å². The quantitative estimate of drug-likeness (QED) is 0.759. The van der Waals surface area contributed by atoms with Crippen LogP contribution in [0.3, 0.4) is 0 Å². The van der Waals surface area contributed by atoms with Crippen molar-refractivity contribution >= 4 is 5.65 Å². The summed E-state index contributed by atoms with van der Waals surface area (Å²) in [5.41, 5.74) is -1.99. The summed E-state index contributed by atoms with van der Waals surface area (Å²) in [6.45, 7) is -0.329. The van der Waals surface area contributed by atoms with Crippen molar-refractivity contribution in [3.63, 3.8) is 0 Å². The Balaban J connectivity index is 2.09. The van der Waals surface area contributed by atoms with Gasteiger partial charge in [-0.15, -0.1) is 0 Å². The van der Waals surface area contributed by atoms with Gasteiger partial charge in [-0.2, -0.15) is 18.4 Å². The van der Waals surface area contributed by atoms with Crippen LogP contribution in [0.5, 0.6) is 0 Å². The predicted octanol–water partition coefficient (Wildman–Crippen LogP) is 1.12. The molecule has 0 amide bonds. The summed E-state index contributed by atoms with van der Waals surface area (Å²) < 4.78 is 40.1. The van der Waals surface area contributed by atoms with Gasteiger partial charge in [-0.3, -0.25) is 14.7 Å². The van der Waals surface area contributed by atoms with Crippen LogP contribution in [-0.4, -0.2) is 19.2 Å². The number of rotatable bonds is 2. The van der Waals surface area contributed by atoms with Crippen molar-refractivity contribution in [1.82, 2.24) is 19.2 Å². The fraction of sp³-hybridized carbons (Fsp3) is 0.143. The van der Waals surface area contributed by atoms with E-state index in [-0.39, 0.29) is 23.4 Å². The van der Waals surface area contributed by atoms with Crippen molar-refractivity contribution in [3.8, 4) is 6.07 Å². The van der Waals surface area contributed by atoms with Crippen molar-refractivity contribution in [2.75, 3.05) is 0 Å². The number of aromatic amines is 1. The van der Waals surface area contributed by atoms with Gasteiger partial charge in [-0.05, 0) is 6.07 Å². The Morgan fingerprint density at radius 3 is 2.67 bits per heavy atom. The standard InChI is InChI=1S/C14H8F3N5O2/c15-14(16,17)9-1-2-11(23)21(6-9)7-10-3-12(24)22-13(20-10)8(4-18)5-19-22/h1-3,5-6,19H,7H2. The van der Waals surface area contributed by atoms with Gasteiger partial charge in [0.15, 0.2) is 5.65 Å². The third-order valence-electron chi connectivity index (χ3n) is 3.31. The number of aromatic nitrogens is 4. The summed E-state index contributed by atoms with van der Waals surface area (Å²) in [7, 11) is 0. The van der Waals surface area contributed by atoms with Crippen molar-refractivity contribution in [3.05, 3.63) is 68.1 Å². The van der Waals surface area contributed by atoms with Crippen LogP contribution < -0.4 is 11.1 Å². The van der Waals surface area contributed by atoms with Gasteiger partial charge in [0, 0.05) is 24.5 Å². The maximum Gasteiger partial charge on any atom is 0.417 e. The lowest BCUT2D eigenvalue weighted by Crippen LogP contribution is -2.24. The second-order valence-corrected chi connectivity index (χ2v) is 4.93. The molecule has 7 nitrogen and oxygen atoms in total. The van der Waals surface area contributed by atoms with Crippen LogP contribution in [0.4, 0.5) is 13.2 Å². The Hall–Kier alpha value is -3.35. The summed E-state index contributed by atoms with van der Waals surface area (Å²) in [6, 6.07) is 4.40. The van der Waals surface area contributed by atoms with Crippen molar-refractivity contribution in [2.45, 2.75) is 12.7 Å². The molecular formula is C14H8F3N5O2. The topological polar surface area (TPSA) is 96.0 Å². The minimum atomic E-state index is -4.60. The molecule has 3 aromatic rings. The Morgan fingerprint density at radius 2 is 2.00 bits per heavy atom. The van der Waals surface area contributed by atoms with E-state index in [1.165, 1.54) is 6.20 Å². The summed E-state index contributed by atoms with van der Waals surface area (Å²) in [5, 5.41) is 11.5. The fourth-order valence-electron chi connectivity index (χ4n) is 2.19. The van der Waals surface area contributed by atoms with Crippen LogP contribution in [0.2, 0.25) is 0 Å². The van der Waals surface area contributed by atoms with E-state index in [2.05, 4.69) is 10.1 Å². The van der Waals surface area contributed by atoms with Crippen LogP contribution in [0.25, 0.3) is 5.65 Å². The Morgan fingerprint density at radius 1 is 1.25 bits per heavy atom. The molecule has 10 heteroatoms. The molecule has 24 heavy (non-hydrogen) atoms. The van der Waals surface area contributed by atoms with E-state index in [4.69, 9.17) is 5.26 Å². The molecule has 0 radical (unpaired) electrons. The third-order valence-corrected chi connectivity index (χ3v) is 3.31. The monoisotopic (exact) mass is 335 g/mol. The molecule has 0 aliphatic rings. The first-order valence-corrected chi connectivity index (χ1v) is 6.57. The van der Waals surface area contributed by atoms with Crippen molar-refractivity contribution in [2.24, 2.45) is 0 Å². The molecule has 0 saturated heterocycles. The number of nitrogens with one attached hydrogen (secondary N) is 1. The van der Waals surface area contributed by atoms with Gasteiger partial charge in [0.25, 0.3) is 11.1 Å². The number of hydrogen-bond acceptors (Lipinski definition) is 4. The van der Waals surface area contributed by atoms with E-state index in [0.29, 0.717) is 12.3 Å². The number of H-pyrrole nitrogens is 1. The Bertz CT molecular complexity index is 1080. The zero-order chi connectivity index (χ0) is 17.5. The number of halogens is 3. The lowest BCUT2D eigenvalue weighted by atomic mass is 10.2. The second kappa shape index (κ2) is 5.38. The maximum atomic E-state index is 12.7. The van der Waals surface area contributed by atoms with Gasteiger partial charge < -0.3 is 4.57 Å². The van der Waals surface area contributed by atoms with Crippen LogP contribution in [0.15, 0.2) is 40.2 Å². The highest BCUT2D eigenvalue weighted by Crippen LogP contribution is 2.28. The van der Waals surface area contributed by atoms with Crippen molar-refractivity contribution in [1.29, 1.82) is 5.26 Å². The third kappa shape index (κ3) is 2.67. The summed E-state index contributed by atoms with van der Waals surface area (Å²) in [5.74, 6) is 0. The molecule has 3 aromatic heterocycles. The predicted molar refractivity (Wildman–Crippen MR) is 75.3 cm³/mol. The first kappa shape index (κ1) is 15.5. The van der Waals surface area contributed by atoms with E-state index in [1.807, 2.05) is 6.07 Å². The Labute approximate surface area is 131 Å². The number of pyridine rings is 1. The van der Waals surface area contributed by atoms with E-state index in [0.717, 1.165) is 21.2 Å². The first-order valence-electron chi connectivity index (χ1n) is 6.57. The van der Waals surface area contributed by atoms with Crippen LogP contribution in [0.1, 0.15) is 16.8 Å². The molecular weight excluding hydrogens is 327 g/mol. The molecule has 0 fully saturated rings. The smallest absolute Gasteiger partial charge is 0.309 e. The molecule has 0 spiro atoms. The number of alkyl halides is 3. The molecule has 0 bridgehead atoms. The molecule has 0 aliphatic carbocycles. The van der Waals surface area contributed by atoms with E-state index in [9.17, 15) is 22.8 Å². The highest BCUT2D eigenvalue weighted by Gasteiger charge is 2.31. The van der Waals surface area contributed by atoms with E-state index >= 15 is 0 Å². The van der Waals surface area contributed by atoms with Gasteiger partial charge in [-0.25, -0.2) is 9.50 Å². The molecule has 122 valence electrons. The average molecular weight is 335 g/mol. The van der Waals surface area contributed by atoms with Crippen LogP contribution in [-0.2, 0) is 12.7 Å². The van der Waals surface area contributed by atoms with Crippen LogP contribution >= 0.6 is 0 Å². The van der Waals surface area contributed by atoms with Gasteiger partial charge in [0.1, 0.15) is 11.6 Å². The van der Waals surface area contributed by atoms with Gasteiger partial charge in [0.05, 0.1) is 17.8 Å². The molecule has 3 rings (SSSR count). The SMILES string of the molecule is N#Cc1c[nH]n2c(=O)cc(Cn3cc(C(F)(F)F)ccc3=O)nc12. The number of nitrogens with zero attached hydrogens (tertiary/aromatic N) is 4. The van der Waals surface area contributed by atoms with Crippen molar-refractivity contribution < 1.29 is 13.2 Å². The van der Waals surface area contributed by atoms with Gasteiger partial charge in [0.2, 0.25) is 0 Å². The van der Waals surface area contributed by atoms with Gasteiger partial charge >= 0.3 is 6.18 Å². The second-order valence-electron chi connectivity index (χ2n) is 4.93. The fourth-order valence-corrected chi connectivity index (χ4v) is 2.19. The highest BCUT2D eigenvalue weighted by atomic mass is 19.4. The molecule has 0 aliphatic heterocycles. The van der Waals surface area contributed by atoms with E-state index in [1.54, 1.807) is 0 Å². The number of hydrogen-bond donors (Lipinski definition) is 1. The molecule has 1 N–H and O–H groups in total. The maximum absolute atomic E-state index is 12.7. The van der Waals surface area contributed by atoms with Crippen LogP contribution in [0, 0.1) is 11.3 Å². The lowest BCUT2D eigenvalue weighted by Gasteiger charge is -2.10. The molecule has 0 unspecified atom stereocenters. The number of fused-ring (bicyclic) bond motifs is 1. The minimum absolute atomic E-state index is 0.0417. The molecule has 0 atom stereocenters. The minimum Gasteiger partial charge on any atom is -0.309 e. The largest absolute Gasteiger partial charge is 0.417 e.